The van der Waals surface area contributed by atoms with Gasteiger partial charge in [-0.05, 0) is 30.9 Å². The molecule has 1 aliphatic rings. The molecule has 0 bridgehead atoms. The number of fused-ring (bicyclic) bond motifs is 1. The number of aromatic carboxylic acids is 1. The maximum Gasteiger partial charge on any atom is 0.339 e. The van der Waals surface area contributed by atoms with E-state index in [1.54, 1.807) is 20.3 Å². The number of aromatic nitrogens is 1. The number of aryl methyl sites for hydroxylation is 2. The molecule has 1 unspecified atom stereocenters. The highest BCUT2D eigenvalue weighted by Crippen LogP contribution is 2.25. The van der Waals surface area contributed by atoms with E-state index < -0.39 is 5.97 Å². The summed E-state index contributed by atoms with van der Waals surface area (Å²) in [5, 5.41) is 12.3. The number of hydrogen-bond acceptors (Lipinski definition) is 5. The molecule has 110 valence electrons. The fourth-order valence-electron chi connectivity index (χ4n) is 2.38. The van der Waals surface area contributed by atoms with Crippen LogP contribution in [0.3, 0.4) is 0 Å². The van der Waals surface area contributed by atoms with Crippen molar-refractivity contribution in [1.82, 2.24) is 4.98 Å². The lowest BCUT2D eigenvalue weighted by Gasteiger charge is -2.17. The molecule has 0 amide bonds. The van der Waals surface area contributed by atoms with Crippen LogP contribution in [0.15, 0.2) is 6.07 Å². The molecular weight excluding hydrogens is 260 g/mol. The number of nitrogens with zero attached hydrogens (tertiary/aromatic N) is 1. The SMILES string of the molecule is COCC(CNc1nc2c(cc1C(=O)O)CCC2)OC. The molecule has 0 aliphatic heterocycles. The van der Waals surface area contributed by atoms with Crippen LogP contribution in [-0.2, 0) is 22.3 Å². The topological polar surface area (TPSA) is 80.7 Å². The van der Waals surface area contributed by atoms with Gasteiger partial charge < -0.3 is 19.9 Å². The normalized spacial score (nSPS) is 14.9. The van der Waals surface area contributed by atoms with Crippen molar-refractivity contribution < 1.29 is 19.4 Å². The lowest BCUT2D eigenvalue weighted by Crippen LogP contribution is -2.27. The molecule has 0 spiro atoms. The molecule has 0 saturated carbocycles. The molecule has 1 aliphatic carbocycles. The van der Waals surface area contributed by atoms with Crippen LogP contribution in [0.1, 0.15) is 28.0 Å². The molecule has 0 aromatic carbocycles. The molecule has 6 heteroatoms. The summed E-state index contributed by atoms with van der Waals surface area (Å²) in [6, 6.07) is 1.73. The van der Waals surface area contributed by atoms with Crippen LogP contribution in [0.25, 0.3) is 0 Å². The van der Waals surface area contributed by atoms with E-state index in [2.05, 4.69) is 10.3 Å². The zero-order valence-electron chi connectivity index (χ0n) is 11.8. The first-order valence-electron chi connectivity index (χ1n) is 6.67. The summed E-state index contributed by atoms with van der Waals surface area (Å²) in [5.74, 6) is -0.549. The van der Waals surface area contributed by atoms with Gasteiger partial charge in [0.1, 0.15) is 11.4 Å². The zero-order chi connectivity index (χ0) is 14.5. The van der Waals surface area contributed by atoms with Crippen LogP contribution < -0.4 is 5.32 Å². The van der Waals surface area contributed by atoms with Crippen molar-refractivity contribution in [1.29, 1.82) is 0 Å². The monoisotopic (exact) mass is 280 g/mol. The van der Waals surface area contributed by atoms with Gasteiger partial charge in [-0.3, -0.25) is 0 Å². The van der Waals surface area contributed by atoms with Crippen molar-refractivity contribution in [3.05, 3.63) is 22.9 Å². The van der Waals surface area contributed by atoms with Crippen LogP contribution in [0.4, 0.5) is 5.82 Å². The molecule has 0 radical (unpaired) electrons. The quantitative estimate of drug-likeness (QED) is 0.784. The molecular formula is C14H20N2O4. The second-order valence-corrected chi connectivity index (χ2v) is 4.84. The number of carbonyl (C=O) groups is 1. The number of rotatable bonds is 7. The largest absolute Gasteiger partial charge is 0.478 e. The van der Waals surface area contributed by atoms with E-state index in [9.17, 15) is 9.90 Å². The molecule has 2 N–H and O–H groups in total. The summed E-state index contributed by atoms with van der Waals surface area (Å²) in [6.07, 6.45) is 2.72. The van der Waals surface area contributed by atoms with Gasteiger partial charge in [-0.1, -0.05) is 0 Å². The van der Waals surface area contributed by atoms with Crippen LogP contribution in [-0.4, -0.2) is 49.5 Å². The van der Waals surface area contributed by atoms with Crippen molar-refractivity contribution in [3.63, 3.8) is 0 Å². The number of nitrogens with one attached hydrogen (secondary N) is 1. The molecule has 0 saturated heterocycles. The standard InChI is InChI=1S/C14H20N2O4/c1-19-8-10(20-2)7-15-13-11(14(17)18)6-9-4-3-5-12(9)16-13/h6,10H,3-5,7-8H2,1-2H3,(H,15,16)(H,17,18). The van der Waals surface area contributed by atoms with Gasteiger partial charge in [-0.15, -0.1) is 0 Å². The molecule has 1 aromatic heterocycles. The third kappa shape index (κ3) is 3.26. The van der Waals surface area contributed by atoms with E-state index in [1.165, 1.54) is 0 Å². The zero-order valence-corrected chi connectivity index (χ0v) is 11.8. The number of carboxylic acids is 1. The number of carboxylic acid groups (broad SMARTS) is 1. The van der Waals surface area contributed by atoms with Gasteiger partial charge in [-0.2, -0.15) is 0 Å². The average Bonchev–Trinajstić information content (AvgIpc) is 2.89. The maximum absolute atomic E-state index is 11.3. The summed E-state index contributed by atoms with van der Waals surface area (Å²) in [5.41, 5.74) is 2.27. The van der Waals surface area contributed by atoms with E-state index in [4.69, 9.17) is 9.47 Å². The molecule has 20 heavy (non-hydrogen) atoms. The first-order valence-corrected chi connectivity index (χ1v) is 6.67. The van der Waals surface area contributed by atoms with Crippen LogP contribution in [0, 0.1) is 0 Å². The Hall–Kier alpha value is -1.66. The predicted octanol–water partition coefficient (Wildman–Crippen LogP) is 1.34. The Kier molecular flexibility index (Phi) is 4.92. The van der Waals surface area contributed by atoms with Gasteiger partial charge >= 0.3 is 5.97 Å². The Morgan fingerprint density at radius 1 is 1.50 bits per heavy atom. The molecule has 1 atom stereocenters. The molecule has 1 aromatic rings. The number of methoxy groups -OCH3 is 2. The summed E-state index contributed by atoms with van der Waals surface area (Å²) in [4.78, 5) is 15.8. The maximum atomic E-state index is 11.3. The third-order valence-electron chi connectivity index (χ3n) is 3.46. The van der Waals surface area contributed by atoms with Crippen molar-refractivity contribution in [2.75, 3.05) is 32.7 Å². The van der Waals surface area contributed by atoms with Crippen molar-refractivity contribution in [3.8, 4) is 0 Å². The second kappa shape index (κ2) is 6.67. The number of hydrogen-bond donors (Lipinski definition) is 2. The van der Waals surface area contributed by atoms with E-state index in [0.717, 1.165) is 30.5 Å². The third-order valence-corrected chi connectivity index (χ3v) is 3.46. The number of pyridine rings is 1. The Bertz CT molecular complexity index is 490. The minimum absolute atomic E-state index is 0.142. The summed E-state index contributed by atoms with van der Waals surface area (Å²) < 4.78 is 10.3. The average molecular weight is 280 g/mol. The van der Waals surface area contributed by atoms with Crippen LogP contribution >= 0.6 is 0 Å². The van der Waals surface area contributed by atoms with Crippen molar-refractivity contribution in [2.45, 2.75) is 25.4 Å². The summed E-state index contributed by atoms with van der Waals surface area (Å²) in [6.45, 7) is 0.896. The molecule has 0 fully saturated rings. The highest BCUT2D eigenvalue weighted by atomic mass is 16.5. The van der Waals surface area contributed by atoms with E-state index in [-0.39, 0.29) is 11.7 Å². The summed E-state index contributed by atoms with van der Waals surface area (Å²) >= 11 is 0. The van der Waals surface area contributed by atoms with E-state index in [0.29, 0.717) is 19.0 Å². The Morgan fingerprint density at radius 3 is 2.95 bits per heavy atom. The highest BCUT2D eigenvalue weighted by molar-refractivity contribution is 5.93. The lowest BCUT2D eigenvalue weighted by molar-refractivity contribution is 0.0365. The second-order valence-electron chi connectivity index (χ2n) is 4.84. The Labute approximate surface area is 118 Å². The minimum atomic E-state index is -0.963. The van der Waals surface area contributed by atoms with E-state index in [1.807, 2.05) is 0 Å². The van der Waals surface area contributed by atoms with Crippen LogP contribution in [0.5, 0.6) is 0 Å². The van der Waals surface area contributed by atoms with Gasteiger partial charge in [0.15, 0.2) is 0 Å². The van der Waals surface area contributed by atoms with Gasteiger partial charge in [0.05, 0.1) is 12.7 Å². The highest BCUT2D eigenvalue weighted by Gasteiger charge is 2.20. The first kappa shape index (κ1) is 14.7. The minimum Gasteiger partial charge on any atom is -0.478 e. The van der Waals surface area contributed by atoms with Gasteiger partial charge in [0.2, 0.25) is 0 Å². The molecule has 1 heterocycles. The van der Waals surface area contributed by atoms with Crippen molar-refractivity contribution >= 4 is 11.8 Å². The molecule has 6 nitrogen and oxygen atoms in total. The number of ether oxygens (including phenoxy) is 2. The first-order chi connectivity index (χ1) is 9.65. The Morgan fingerprint density at radius 2 is 2.30 bits per heavy atom. The van der Waals surface area contributed by atoms with Crippen molar-refractivity contribution in [2.24, 2.45) is 0 Å². The smallest absolute Gasteiger partial charge is 0.339 e. The van der Waals surface area contributed by atoms with Gasteiger partial charge in [-0.25, -0.2) is 9.78 Å². The molecule has 2 rings (SSSR count). The fourth-order valence-corrected chi connectivity index (χ4v) is 2.38. The Balaban J connectivity index is 2.15. The van der Waals surface area contributed by atoms with Gasteiger partial charge in [0, 0.05) is 26.5 Å². The lowest BCUT2D eigenvalue weighted by atomic mass is 10.1. The predicted molar refractivity (Wildman–Crippen MR) is 74.4 cm³/mol. The van der Waals surface area contributed by atoms with E-state index >= 15 is 0 Å². The fraction of sp³-hybridized carbons (Fsp3) is 0.571. The van der Waals surface area contributed by atoms with Crippen LogP contribution in [0.2, 0.25) is 0 Å². The van der Waals surface area contributed by atoms with Gasteiger partial charge in [0.25, 0.3) is 0 Å². The number of anilines is 1. The summed E-state index contributed by atoms with van der Waals surface area (Å²) in [7, 11) is 3.20.